The van der Waals surface area contributed by atoms with E-state index in [-0.39, 0.29) is 10.9 Å². The first-order chi connectivity index (χ1) is 5.13. The van der Waals surface area contributed by atoms with Crippen molar-refractivity contribution in [2.75, 3.05) is 0 Å². The lowest BCUT2D eigenvalue weighted by Gasteiger charge is -1.99. The van der Waals surface area contributed by atoms with Crippen LogP contribution in [0.25, 0.3) is 0 Å². The second-order valence-corrected chi connectivity index (χ2v) is 2.63. The maximum atomic E-state index is 11.2. The molecule has 0 spiro atoms. The molecule has 0 fully saturated rings. The van der Waals surface area contributed by atoms with Crippen LogP contribution in [-0.4, -0.2) is 22.0 Å². The van der Waals surface area contributed by atoms with Gasteiger partial charge in [-0.15, -0.1) is 0 Å². The van der Waals surface area contributed by atoms with Gasteiger partial charge in [0.1, 0.15) is 5.15 Å². The highest BCUT2D eigenvalue weighted by atomic mass is 35.5. The minimum absolute atomic E-state index is 0.205. The molecule has 1 aromatic rings. The summed E-state index contributed by atoms with van der Waals surface area (Å²) in [5, 5.41) is 6.28. The number of halogens is 1. The van der Waals surface area contributed by atoms with Crippen molar-refractivity contribution in [1.82, 2.24) is 10.2 Å². The smallest absolute Gasteiger partial charge is 0.183 e. The van der Waals surface area contributed by atoms with Crippen LogP contribution < -0.4 is 5.73 Å². The fourth-order valence-corrected chi connectivity index (χ4v) is 0.878. The zero-order chi connectivity index (χ0) is 8.43. The summed E-state index contributed by atoms with van der Waals surface area (Å²) < 4.78 is 0. The number of hydrogen-bond acceptors (Lipinski definition) is 3. The first kappa shape index (κ1) is 8.23. The average Bonchev–Trinajstić information content (AvgIpc) is 2.33. The molecule has 1 aromatic heterocycles. The second-order valence-electron chi connectivity index (χ2n) is 2.25. The molecule has 11 heavy (non-hydrogen) atoms. The number of rotatable bonds is 2. The molecule has 1 unspecified atom stereocenters. The van der Waals surface area contributed by atoms with Crippen LogP contribution in [0.5, 0.6) is 0 Å². The number of Topliss-reactive ketones (excluding diaryl/α,β-unsaturated/α-hetero) is 1. The van der Waals surface area contributed by atoms with Crippen molar-refractivity contribution in [3.05, 3.63) is 16.9 Å². The van der Waals surface area contributed by atoms with Crippen LogP contribution in [0.1, 0.15) is 17.3 Å². The summed E-state index contributed by atoms with van der Waals surface area (Å²) in [6, 6.07) is -0.537. The van der Waals surface area contributed by atoms with Crippen LogP contribution in [0.3, 0.4) is 0 Å². The van der Waals surface area contributed by atoms with Gasteiger partial charge in [0, 0.05) is 0 Å². The summed E-state index contributed by atoms with van der Waals surface area (Å²) in [6.07, 6.45) is 1.37. The maximum absolute atomic E-state index is 11.2. The molecule has 0 aliphatic carbocycles. The number of carbonyl (C=O) groups excluding carboxylic acids is 1. The molecular formula is C6H8ClN3O. The van der Waals surface area contributed by atoms with Crippen LogP contribution in [-0.2, 0) is 0 Å². The number of aromatic nitrogens is 2. The molecule has 60 valence electrons. The maximum Gasteiger partial charge on any atom is 0.183 e. The summed E-state index contributed by atoms with van der Waals surface area (Å²) >= 11 is 5.58. The van der Waals surface area contributed by atoms with Gasteiger partial charge in [0.25, 0.3) is 0 Å². The van der Waals surface area contributed by atoms with Gasteiger partial charge >= 0.3 is 0 Å². The lowest BCUT2D eigenvalue weighted by molar-refractivity contribution is 0.0968. The monoisotopic (exact) mass is 173 g/mol. The van der Waals surface area contributed by atoms with E-state index in [1.54, 1.807) is 6.92 Å². The Balaban J connectivity index is 2.93. The molecule has 1 heterocycles. The summed E-state index contributed by atoms with van der Waals surface area (Å²) in [4.78, 5) is 11.2. The SMILES string of the molecule is CC(N)C(=O)c1cn[nH]c1Cl. The lowest BCUT2D eigenvalue weighted by Crippen LogP contribution is -2.26. The third-order valence-electron chi connectivity index (χ3n) is 1.27. The summed E-state index contributed by atoms with van der Waals surface area (Å²) in [5.74, 6) is -0.205. The Kier molecular flexibility index (Phi) is 2.26. The Labute approximate surface area is 68.7 Å². The van der Waals surface area contributed by atoms with Gasteiger partial charge in [-0.1, -0.05) is 11.6 Å². The van der Waals surface area contributed by atoms with E-state index in [2.05, 4.69) is 10.2 Å². The summed E-state index contributed by atoms with van der Waals surface area (Å²) in [5.41, 5.74) is 5.69. The van der Waals surface area contributed by atoms with Crippen LogP contribution >= 0.6 is 11.6 Å². The lowest BCUT2D eigenvalue weighted by atomic mass is 10.1. The van der Waals surface area contributed by atoms with Gasteiger partial charge in [-0.05, 0) is 6.92 Å². The van der Waals surface area contributed by atoms with E-state index in [0.717, 1.165) is 0 Å². The Morgan fingerprint density at radius 2 is 2.55 bits per heavy atom. The van der Waals surface area contributed by atoms with E-state index >= 15 is 0 Å². The number of carbonyl (C=O) groups is 1. The molecule has 0 radical (unpaired) electrons. The van der Waals surface area contributed by atoms with Gasteiger partial charge in [0.2, 0.25) is 0 Å². The molecule has 0 aromatic carbocycles. The minimum atomic E-state index is -0.537. The largest absolute Gasteiger partial charge is 0.321 e. The number of nitrogens with one attached hydrogen (secondary N) is 1. The van der Waals surface area contributed by atoms with E-state index in [0.29, 0.717) is 5.56 Å². The molecule has 0 aliphatic rings. The number of hydrogen-bond donors (Lipinski definition) is 2. The van der Waals surface area contributed by atoms with Crippen LogP contribution in [0.2, 0.25) is 5.15 Å². The first-order valence-electron chi connectivity index (χ1n) is 3.11. The van der Waals surface area contributed by atoms with Gasteiger partial charge in [-0.3, -0.25) is 9.89 Å². The van der Waals surface area contributed by atoms with Crippen molar-refractivity contribution >= 4 is 17.4 Å². The number of H-pyrrole nitrogens is 1. The molecule has 1 atom stereocenters. The molecule has 0 saturated heterocycles. The minimum Gasteiger partial charge on any atom is -0.321 e. The number of ketones is 1. The zero-order valence-electron chi connectivity index (χ0n) is 5.97. The number of aromatic amines is 1. The Morgan fingerprint density at radius 1 is 1.91 bits per heavy atom. The molecule has 3 N–H and O–H groups in total. The van der Waals surface area contributed by atoms with Gasteiger partial charge in [-0.25, -0.2) is 0 Å². The first-order valence-corrected chi connectivity index (χ1v) is 3.49. The van der Waals surface area contributed by atoms with Crippen molar-refractivity contribution in [3.63, 3.8) is 0 Å². The Bertz CT molecular complexity index is 269. The molecule has 5 heteroatoms. The fraction of sp³-hybridized carbons (Fsp3) is 0.333. The van der Waals surface area contributed by atoms with Crippen molar-refractivity contribution in [2.24, 2.45) is 5.73 Å². The molecule has 0 aliphatic heterocycles. The van der Waals surface area contributed by atoms with Crippen LogP contribution in [0.4, 0.5) is 0 Å². The van der Waals surface area contributed by atoms with Crippen molar-refractivity contribution in [1.29, 1.82) is 0 Å². The number of nitrogens with zero attached hydrogens (tertiary/aromatic N) is 1. The predicted octanol–water partition coefficient (Wildman–Crippen LogP) is 0.593. The average molecular weight is 174 g/mol. The zero-order valence-corrected chi connectivity index (χ0v) is 6.72. The molecule has 0 saturated carbocycles. The highest BCUT2D eigenvalue weighted by Crippen LogP contribution is 2.12. The van der Waals surface area contributed by atoms with Crippen molar-refractivity contribution < 1.29 is 4.79 Å². The third-order valence-corrected chi connectivity index (χ3v) is 1.56. The van der Waals surface area contributed by atoms with E-state index in [9.17, 15) is 4.79 Å². The van der Waals surface area contributed by atoms with E-state index < -0.39 is 6.04 Å². The molecule has 1 rings (SSSR count). The van der Waals surface area contributed by atoms with Gasteiger partial charge in [0.05, 0.1) is 17.8 Å². The topological polar surface area (TPSA) is 71.8 Å². The standard InChI is InChI=1S/C6H8ClN3O/c1-3(8)5(11)4-2-9-10-6(4)7/h2-3H,8H2,1H3,(H,9,10). The summed E-state index contributed by atoms with van der Waals surface area (Å²) in [6.45, 7) is 1.60. The Hall–Kier alpha value is -0.870. The van der Waals surface area contributed by atoms with Gasteiger partial charge in [0.15, 0.2) is 5.78 Å². The molecule has 0 amide bonds. The van der Waals surface area contributed by atoms with Crippen LogP contribution in [0.15, 0.2) is 6.20 Å². The van der Waals surface area contributed by atoms with E-state index in [1.165, 1.54) is 6.20 Å². The molecular weight excluding hydrogens is 166 g/mol. The van der Waals surface area contributed by atoms with Crippen LogP contribution in [0, 0.1) is 0 Å². The summed E-state index contributed by atoms with van der Waals surface area (Å²) in [7, 11) is 0. The predicted molar refractivity (Wildman–Crippen MR) is 41.6 cm³/mol. The van der Waals surface area contributed by atoms with Crippen molar-refractivity contribution in [2.45, 2.75) is 13.0 Å². The molecule has 4 nitrogen and oxygen atoms in total. The Morgan fingerprint density at radius 3 is 2.91 bits per heavy atom. The fourth-order valence-electron chi connectivity index (χ4n) is 0.687. The van der Waals surface area contributed by atoms with E-state index in [1.807, 2.05) is 0 Å². The highest BCUT2D eigenvalue weighted by molar-refractivity contribution is 6.32. The normalized spacial score (nSPS) is 13.0. The quantitative estimate of drug-likeness (QED) is 0.644. The van der Waals surface area contributed by atoms with E-state index in [4.69, 9.17) is 17.3 Å². The third kappa shape index (κ3) is 1.58. The highest BCUT2D eigenvalue weighted by Gasteiger charge is 2.15. The molecule has 0 bridgehead atoms. The van der Waals surface area contributed by atoms with Gasteiger partial charge in [-0.2, -0.15) is 5.10 Å². The second kappa shape index (κ2) is 3.02. The number of nitrogens with two attached hydrogens (primary N) is 1. The van der Waals surface area contributed by atoms with Gasteiger partial charge < -0.3 is 5.73 Å². The van der Waals surface area contributed by atoms with Crippen molar-refractivity contribution in [3.8, 4) is 0 Å².